The summed E-state index contributed by atoms with van der Waals surface area (Å²) in [4.78, 5) is 23.8. The van der Waals surface area contributed by atoms with Crippen LogP contribution in [0.25, 0.3) is 0 Å². The van der Waals surface area contributed by atoms with E-state index in [-0.39, 0.29) is 18.0 Å². The summed E-state index contributed by atoms with van der Waals surface area (Å²) in [5, 5.41) is 12.2. The highest BCUT2D eigenvalue weighted by molar-refractivity contribution is 5.96. The molecule has 3 amide bonds. The first-order chi connectivity index (χ1) is 11.8. The zero-order chi connectivity index (χ0) is 18.6. The minimum Gasteiger partial charge on any atom is -0.361 e. The normalized spacial score (nSPS) is 11.7. The van der Waals surface area contributed by atoms with Crippen molar-refractivity contribution < 1.29 is 14.1 Å². The molecule has 0 spiro atoms. The van der Waals surface area contributed by atoms with E-state index in [0.29, 0.717) is 17.7 Å². The number of carbonyl (C=O) groups excluding carboxylic acids is 2. The Morgan fingerprint density at radius 2 is 1.96 bits per heavy atom. The molecule has 0 aliphatic heterocycles. The quantitative estimate of drug-likeness (QED) is 0.777. The molecule has 0 radical (unpaired) electrons. The predicted octanol–water partition coefficient (Wildman–Crippen LogP) is 2.71. The van der Waals surface area contributed by atoms with Gasteiger partial charge in [-0.15, -0.1) is 0 Å². The van der Waals surface area contributed by atoms with Crippen LogP contribution in [0.1, 0.15) is 39.9 Å². The van der Waals surface area contributed by atoms with Crippen LogP contribution in [0.4, 0.5) is 10.5 Å². The van der Waals surface area contributed by atoms with Gasteiger partial charge in [0.15, 0.2) is 0 Å². The summed E-state index contributed by atoms with van der Waals surface area (Å²) in [6, 6.07) is 4.76. The summed E-state index contributed by atoms with van der Waals surface area (Å²) in [5.74, 6) is 0.611. The minimum atomic E-state index is -0.296. The fraction of sp³-hybridized carbons (Fsp3) is 0.389. The first kappa shape index (κ1) is 18.5. The van der Waals surface area contributed by atoms with Crippen molar-refractivity contribution in [3.8, 4) is 0 Å². The van der Waals surface area contributed by atoms with E-state index in [9.17, 15) is 9.59 Å². The van der Waals surface area contributed by atoms with Crippen molar-refractivity contribution in [2.75, 3.05) is 12.4 Å². The zero-order valence-electron chi connectivity index (χ0n) is 15.2. The fourth-order valence-electron chi connectivity index (χ4n) is 2.62. The molecule has 0 saturated carbocycles. The van der Waals surface area contributed by atoms with Gasteiger partial charge in [-0.05, 0) is 57.9 Å². The van der Waals surface area contributed by atoms with Crippen molar-refractivity contribution >= 4 is 17.6 Å². The van der Waals surface area contributed by atoms with Gasteiger partial charge in [-0.1, -0.05) is 5.16 Å². The molecule has 2 rings (SSSR count). The highest BCUT2D eigenvalue weighted by Gasteiger charge is 2.15. The minimum absolute atomic E-state index is 0.0813. The van der Waals surface area contributed by atoms with Crippen LogP contribution in [0.2, 0.25) is 0 Å². The van der Waals surface area contributed by atoms with Gasteiger partial charge < -0.3 is 20.5 Å². The first-order valence-electron chi connectivity index (χ1n) is 8.13. The standard InChI is InChI=1S/C18H24N4O3/c1-10-8-14(17(23)19-5)6-7-16(10)21-18(24)20-11(2)9-15-12(3)22-25-13(15)4/h6-8,11H,9H2,1-5H3,(H,19,23)(H2,20,21,24)/t11-/m1/s1. The highest BCUT2D eigenvalue weighted by Crippen LogP contribution is 2.17. The van der Waals surface area contributed by atoms with Crippen LogP contribution in [0.5, 0.6) is 0 Å². The number of urea groups is 1. The van der Waals surface area contributed by atoms with Gasteiger partial charge in [-0.25, -0.2) is 4.79 Å². The first-order valence-corrected chi connectivity index (χ1v) is 8.13. The van der Waals surface area contributed by atoms with Crippen molar-refractivity contribution in [3.63, 3.8) is 0 Å². The summed E-state index contributed by atoms with van der Waals surface area (Å²) >= 11 is 0. The van der Waals surface area contributed by atoms with Crippen molar-refractivity contribution in [2.24, 2.45) is 0 Å². The van der Waals surface area contributed by atoms with Crippen LogP contribution >= 0.6 is 0 Å². The summed E-state index contributed by atoms with van der Waals surface area (Å²) in [5.41, 5.74) is 3.88. The average Bonchev–Trinajstić information content (AvgIpc) is 2.87. The Morgan fingerprint density at radius 3 is 2.52 bits per heavy atom. The Labute approximate surface area is 147 Å². The third-order valence-electron chi connectivity index (χ3n) is 4.03. The number of amides is 3. The number of carbonyl (C=O) groups is 2. The van der Waals surface area contributed by atoms with Crippen LogP contribution < -0.4 is 16.0 Å². The van der Waals surface area contributed by atoms with Crippen LogP contribution in [-0.4, -0.2) is 30.2 Å². The lowest BCUT2D eigenvalue weighted by molar-refractivity contribution is 0.0963. The molecule has 134 valence electrons. The van der Waals surface area contributed by atoms with Crippen molar-refractivity contribution in [1.82, 2.24) is 15.8 Å². The van der Waals surface area contributed by atoms with Gasteiger partial charge in [-0.3, -0.25) is 4.79 Å². The molecular formula is C18H24N4O3. The molecule has 0 aliphatic rings. The molecule has 25 heavy (non-hydrogen) atoms. The zero-order valence-corrected chi connectivity index (χ0v) is 15.2. The van der Waals surface area contributed by atoms with E-state index < -0.39 is 0 Å². The molecule has 1 aromatic carbocycles. The second-order valence-corrected chi connectivity index (χ2v) is 6.12. The number of nitrogens with one attached hydrogen (secondary N) is 3. The van der Waals surface area contributed by atoms with Gasteiger partial charge in [0, 0.05) is 29.9 Å². The lowest BCUT2D eigenvalue weighted by atomic mass is 10.1. The smallest absolute Gasteiger partial charge is 0.319 e. The number of anilines is 1. The van der Waals surface area contributed by atoms with Crippen LogP contribution in [0, 0.1) is 20.8 Å². The summed E-state index contributed by atoms with van der Waals surface area (Å²) in [6.07, 6.45) is 0.642. The lowest BCUT2D eigenvalue weighted by Gasteiger charge is -2.16. The largest absolute Gasteiger partial charge is 0.361 e. The number of nitrogens with zero attached hydrogens (tertiary/aromatic N) is 1. The molecule has 2 aromatic rings. The maximum atomic E-state index is 12.2. The van der Waals surface area contributed by atoms with Crippen LogP contribution in [0.15, 0.2) is 22.7 Å². The Hall–Kier alpha value is -2.83. The summed E-state index contributed by atoms with van der Waals surface area (Å²) in [7, 11) is 1.58. The Morgan fingerprint density at radius 1 is 1.24 bits per heavy atom. The van der Waals surface area contributed by atoms with E-state index in [0.717, 1.165) is 22.6 Å². The molecule has 7 nitrogen and oxygen atoms in total. The molecule has 0 aliphatic carbocycles. The Balaban J connectivity index is 1.97. The third kappa shape index (κ3) is 4.59. The number of benzene rings is 1. The SMILES string of the molecule is CNC(=O)c1ccc(NC(=O)N[C@H](C)Cc2c(C)noc2C)c(C)c1. The maximum absolute atomic E-state index is 12.2. The molecule has 1 aromatic heterocycles. The molecule has 0 unspecified atom stereocenters. The van der Waals surface area contributed by atoms with E-state index in [1.165, 1.54) is 0 Å². The van der Waals surface area contributed by atoms with E-state index in [4.69, 9.17) is 4.52 Å². The highest BCUT2D eigenvalue weighted by atomic mass is 16.5. The number of rotatable bonds is 5. The molecular weight excluding hydrogens is 320 g/mol. The van der Waals surface area contributed by atoms with Crippen molar-refractivity contribution in [1.29, 1.82) is 0 Å². The second kappa shape index (κ2) is 7.83. The molecule has 1 atom stereocenters. The van der Waals surface area contributed by atoms with E-state index in [2.05, 4.69) is 21.1 Å². The van der Waals surface area contributed by atoms with E-state index in [1.807, 2.05) is 27.7 Å². The van der Waals surface area contributed by atoms with Crippen LogP contribution in [0.3, 0.4) is 0 Å². The molecule has 1 heterocycles. The summed E-state index contributed by atoms with van der Waals surface area (Å²) < 4.78 is 5.14. The fourth-order valence-corrected chi connectivity index (χ4v) is 2.62. The van der Waals surface area contributed by atoms with Crippen LogP contribution in [-0.2, 0) is 6.42 Å². The Kier molecular flexibility index (Phi) is 5.80. The molecule has 0 fully saturated rings. The average molecular weight is 344 g/mol. The number of aryl methyl sites for hydroxylation is 3. The van der Waals surface area contributed by atoms with E-state index >= 15 is 0 Å². The van der Waals surface area contributed by atoms with Gasteiger partial charge in [0.05, 0.1) is 5.69 Å². The monoisotopic (exact) mass is 344 g/mol. The molecule has 7 heteroatoms. The lowest BCUT2D eigenvalue weighted by Crippen LogP contribution is -2.37. The number of aromatic nitrogens is 1. The summed E-state index contributed by atoms with van der Waals surface area (Å²) in [6.45, 7) is 7.51. The Bertz CT molecular complexity index is 763. The second-order valence-electron chi connectivity index (χ2n) is 6.12. The molecule has 0 bridgehead atoms. The van der Waals surface area contributed by atoms with E-state index in [1.54, 1.807) is 25.2 Å². The maximum Gasteiger partial charge on any atom is 0.319 e. The topological polar surface area (TPSA) is 96.3 Å². The van der Waals surface area contributed by atoms with Crippen molar-refractivity contribution in [3.05, 3.63) is 46.3 Å². The van der Waals surface area contributed by atoms with Crippen molar-refractivity contribution in [2.45, 2.75) is 40.2 Å². The number of hydrogen-bond donors (Lipinski definition) is 3. The van der Waals surface area contributed by atoms with Gasteiger partial charge >= 0.3 is 6.03 Å². The van der Waals surface area contributed by atoms with Gasteiger partial charge in [0.2, 0.25) is 0 Å². The molecule has 3 N–H and O–H groups in total. The predicted molar refractivity (Wildman–Crippen MR) is 95.9 cm³/mol. The van der Waals surface area contributed by atoms with Gasteiger partial charge in [-0.2, -0.15) is 0 Å². The van der Waals surface area contributed by atoms with Gasteiger partial charge in [0.25, 0.3) is 5.91 Å². The number of hydrogen-bond acceptors (Lipinski definition) is 4. The molecule has 0 saturated heterocycles. The van der Waals surface area contributed by atoms with Gasteiger partial charge in [0.1, 0.15) is 5.76 Å². The third-order valence-corrected chi connectivity index (χ3v) is 4.03.